The van der Waals surface area contributed by atoms with Crippen molar-refractivity contribution in [2.24, 2.45) is 7.05 Å². The fourth-order valence-electron chi connectivity index (χ4n) is 1.73. The summed E-state index contributed by atoms with van der Waals surface area (Å²) in [6.07, 6.45) is 2.60. The molecule has 0 unspecified atom stereocenters. The van der Waals surface area contributed by atoms with Crippen molar-refractivity contribution in [2.45, 2.75) is 12.3 Å². The Hall–Kier alpha value is -0.520. The third-order valence-electron chi connectivity index (χ3n) is 2.74. The summed E-state index contributed by atoms with van der Waals surface area (Å²) < 4.78 is 9.48. The maximum Gasteiger partial charge on any atom is 0.147 e. The van der Waals surface area contributed by atoms with Crippen LogP contribution in [0.25, 0.3) is 0 Å². The Morgan fingerprint density at radius 2 is 2.00 bits per heavy atom. The second-order valence-corrected chi connectivity index (χ2v) is 6.04. The molecule has 0 saturated heterocycles. The van der Waals surface area contributed by atoms with Gasteiger partial charge in [0.1, 0.15) is 5.75 Å². The van der Waals surface area contributed by atoms with E-state index in [1.807, 2.05) is 29.9 Å². The zero-order valence-electron chi connectivity index (χ0n) is 10.4. The van der Waals surface area contributed by atoms with Gasteiger partial charge in [-0.3, -0.25) is 4.68 Å². The topological polar surface area (TPSA) is 27.1 Å². The molecular formula is C13H13Br2ClN2O. The lowest BCUT2D eigenvalue weighted by molar-refractivity contribution is 0.314. The molecule has 0 aliphatic heterocycles. The van der Waals surface area contributed by atoms with Gasteiger partial charge in [0.05, 0.1) is 15.6 Å². The second-order valence-electron chi connectivity index (χ2n) is 4.07. The molecule has 0 bridgehead atoms. The van der Waals surface area contributed by atoms with Crippen LogP contribution in [-0.4, -0.2) is 16.4 Å². The van der Waals surface area contributed by atoms with E-state index in [0.29, 0.717) is 12.5 Å². The normalized spacial score (nSPS) is 10.7. The van der Waals surface area contributed by atoms with Crippen LogP contribution in [0.1, 0.15) is 11.3 Å². The molecule has 1 aromatic carbocycles. The van der Waals surface area contributed by atoms with Gasteiger partial charge in [0.2, 0.25) is 0 Å². The van der Waals surface area contributed by atoms with Gasteiger partial charge in [-0.05, 0) is 55.6 Å². The molecule has 0 saturated carbocycles. The highest BCUT2D eigenvalue weighted by Gasteiger charge is 2.09. The van der Waals surface area contributed by atoms with Crippen molar-refractivity contribution in [3.8, 4) is 5.75 Å². The number of rotatable bonds is 5. The van der Waals surface area contributed by atoms with Gasteiger partial charge in [0.15, 0.2) is 0 Å². The Bertz CT molecular complexity index is 549. The largest absolute Gasteiger partial charge is 0.491 e. The quantitative estimate of drug-likeness (QED) is 0.690. The summed E-state index contributed by atoms with van der Waals surface area (Å²) >= 11 is 12.8. The molecule has 0 amide bonds. The SMILES string of the molecule is Cn1nccc1CCOc1c(Br)cc(CCl)cc1Br. The van der Waals surface area contributed by atoms with E-state index in [9.17, 15) is 0 Å². The molecule has 0 radical (unpaired) electrons. The standard InChI is InChI=1S/C13H13Br2ClN2O/c1-18-10(2-4-17-18)3-5-19-13-11(14)6-9(8-16)7-12(13)15/h2,4,6-7H,3,5,8H2,1H3. The second kappa shape index (κ2) is 6.77. The van der Waals surface area contributed by atoms with Crippen LogP contribution in [0.3, 0.4) is 0 Å². The van der Waals surface area contributed by atoms with E-state index in [2.05, 4.69) is 37.0 Å². The number of halogens is 3. The molecule has 102 valence electrons. The zero-order valence-corrected chi connectivity index (χ0v) is 14.3. The first-order valence-corrected chi connectivity index (χ1v) is 7.87. The highest BCUT2D eigenvalue weighted by Crippen LogP contribution is 2.35. The minimum atomic E-state index is 0.479. The van der Waals surface area contributed by atoms with Crippen molar-refractivity contribution in [1.29, 1.82) is 0 Å². The third kappa shape index (κ3) is 3.74. The summed E-state index contributed by atoms with van der Waals surface area (Å²) in [6, 6.07) is 5.93. The number of ether oxygens (including phenoxy) is 1. The minimum Gasteiger partial charge on any atom is -0.491 e. The maximum absolute atomic E-state index is 5.82. The fourth-order valence-corrected chi connectivity index (χ4v) is 3.40. The van der Waals surface area contributed by atoms with E-state index in [0.717, 1.165) is 32.4 Å². The van der Waals surface area contributed by atoms with E-state index >= 15 is 0 Å². The number of benzene rings is 1. The summed E-state index contributed by atoms with van der Waals surface area (Å²) in [7, 11) is 1.93. The average Bonchev–Trinajstić information content (AvgIpc) is 2.78. The lowest BCUT2D eigenvalue weighted by atomic mass is 10.2. The molecule has 3 nitrogen and oxygen atoms in total. The molecule has 6 heteroatoms. The first-order chi connectivity index (χ1) is 9.11. The van der Waals surface area contributed by atoms with Gasteiger partial charge in [0, 0.05) is 31.2 Å². The molecule has 1 aromatic heterocycles. The van der Waals surface area contributed by atoms with E-state index in [1.54, 1.807) is 6.20 Å². The van der Waals surface area contributed by atoms with Gasteiger partial charge >= 0.3 is 0 Å². The van der Waals surface area contributed by atoms with Crippen LogP contribution < -0.4 is 4.74 Å². The van der Waals surface area contributed by atoms with Crippen molar-refractivity contribution >= 4 is 43.5 Å². The third-order valence-corrected chi connectivity index (χ3v) is 4.23. The predicted molar refractivity (Wildman–Crippen MR) is 83.8 cm³/mol. The number of alkyl halides is 1. The van der Waals surface area contributed by atoms with Crippen molar-refractivity contribution in [3.05, 3.63) is 44.6 Å². The molecule has 0 fully saturated rings. The van der Waals surface area contributed by atoms with E-state index in [4.69, 9.17) is 16.3 Å². The van der Waals surface area contributed by atoms with Gasteiger partial charge in [0.25, 0.3) is 0 Å². The summed E-state index contributed by atoms with van der Waals surface area (Å²) in [5.41, 5.74) is 2.18. The summed E-state index contributed by atoms with van der Waals surface area (Å²) in [5, 5.41) is 4.13. The smallest absolute Gasteiger partial charge is 0.147 e. The Morgan fingerprint density at radius 1 is 1.32 bits per heavy atom. The average molecular weight is 409 g/mol. The Balaban J connectivity index is 2.02. The zero-order chi connectivity index (χ0) is 13.8. The lowest BCUT2D eigenvalue weighted by Gasteiger charge is -2.11. The Morgan fingerprint density at radius 3 is 2.53 bits per heavy atom. The minimum absolute atomic E-state index is 0.479. The number of hydrogen-bond donors (Lipinski definition) is 0. The number of aryl methyl sites for hydroxylation is 1. The van der Waals surface area contributed by atoms with Crippen LogP contribution in [0.5, 0.6) is 5.75 Å². The molecular weight excluding hydrogens is 395 g/mol. The maximum atomic E-state index is 5.82. The molecule has 2 rings (SSSR count). The molecule has 0 aliphatic carbocycles. The molecule has 0 aliphatic rings. The first-order valence-electron chi connectivity index (χ1n) is 5.75. The van der Waals surface area contributed by atoms with Crippen molar-refractivity contribution in [3.63, 3.8) is 0 Å². The molecule has 19 heavy (non-hydrogen) atoms. The van der Waals surface area contributed by atoms with Crippen LogP contribution in [0.2, 0.25) is 0 Å². The van der Waals surface area contributed by atoms with Gasteiger partial charge in [-0.25, -0.2) is 0 Å². The fraction of sp³-hybridized carbons (Fsp3) is 0.308. The highest BCUT2D eigenvalue weighted by atomic mass is 79.9. The molecule has 1 heterocycles. The number of aromatic nitrogens is 2. The van der Waals surface area contributed by atoms with Crippen molar-refractivity contribution in [1.82, 2.24) is 9.78 Å². The lowest BCUT2D eigenvalue weighted by Crippen LogP contribution is -2.06. The van der Waals surface area contributed by atoms with Gasteiger partial charge in [-0.1, -0.05) is 0 Å². The van der Waals surface area contributed by atoms with Crippen molar-refractivity contribution in [2.75, 3.05) is 6.61 Å². The number of hydrogen-bond acceptors (Lipinski definition) is 2. The van der Waals surface area contributed by atoms with Crippen LogP contribution >= 0.6 is 43.5 Å². The van der Waals surface area contributed by atoms with Gasteiger partial charge in [-0.15, -0.1) is 11.6 Å². The number of nitrogens with zero attached hydrogens (tertiary/aromatic N) is 2. The molecule has 0 atom stereocenters. The van der Waals surface area contributed by atoms with Crippen LogP contribution in [-0.2, 0) is 19.3 Å². The Labute approximate surface area is 134 Å². The van der Waals surface area contributed by atoms with Gasteiger partial charge in [-0.2, -0.15) is 5.10 Å². The summed E-state index contributed by atoms with van der Waals surface area (Å²) in [5.74, 6) is 1.28. The van der Waals surface area contributed by atoms with E-state index in [1.165, 1.54) is 0 Å². The monoisotopic (exact) mass is 406 g/mol. The first kappa shape index (κ1) is 14.9. The molecule has 2 aromatic rings. The van der Waals surface area contributed by atoms with Crippen LogP contribution in [0.4, 0.5) is 0 Å². The van der Waals surface area contributed by atoms with E-state index in [-0.39, 0.29) is 0 Å². The van der Waals surface area contributed by atoms with Crippen molar-refractivity contribution < 1.29 is 4.74 Å². The Kier molecular flexibility index (Phi) is 5.30. The van der Waals surface area contributed by atoms with Crippen LogP contribution in [0, 0.1) is 0 Å². The van der Waals surface area contributed by atoms with Gasteiger partial charge < -0.3 is 4.74 Å². The van der Waals surface area contributed by atoms with E-state index < -0.39 is 0 Å². The molecule has 0 spiro atoms. The molecule has 0 N–H and O–H groups in total. The van der Waals surface area contributed by atoms with Crippen LogP contribution in [0.15, 0.2) is 33.3 Å². The summed E-state index contributed by atoms with van der Waals surface area (Å²) in [6.45, 7) is 0.594. The highest BCUT2D eigenvalue weighted by molar-refractivity contribution is 9.11. The predicted octanol–water partition coefficient (Wildman–Crippen LogP) is 4.31. The summed E-state index contributed by atoms with van der Waals surface area (Å²) in [4.78, 5) is 0.